The minimum Gasteiger partial charge on any atom is -0.385 e. The fourth-order valence-electron chi connectivity index (χ4n) is 3.20. The van der Waals surface area contributed by atoms with Crippen LogP contribution in [0.25, 0.3) is 11.1 Å². The molecule has 6 nitrogen and oxygen atoms in total. The third-order valence-corrected chi connectivity index (χ3v) is 6.44. The highest BCUT2D eigenvalue weighted by Crippen LogP contribution is 2.43. The maximum atomic E-state index is 13.2. The summed E-state index contributed by atoms with van der Waals surface area (Å²) in [5, 5.41) is 2.75. The molecule has 0 aliphatic carbocycles. The van der Waals surface area contributed by atoms with Crippen LogP contribution in [0.15, 0.2) is 47.4 Å². The van der Waals surface area contributed by atoms with Gasteiger partial charge in [-0.25, -0.2) is 8.42 Å². The second kappa shape index (κ2) is 8.10. The van der Waals surface area contributed by atoms with Gasteiger partial charge in [-0.05, 0) is 36.6 Å². The van der Waals surface area contributed by atoms with Gasteiger partial charge in [0.15, 0.2) is 0 Å². The average Bonchev–Trinajstić information content (AvgIpc) is 2.68. The lowest BCUT2D eigenvalue weighted by molar-refractivity contribution is -0.119. The van der Waals surface area contributed by atoms with Crippen molar-refractivity contribution in [3.63, 3.8) is 0 Å². The molecule has 1 aliphatic heterocycles. The number of nitrogens with one attached hydrogen (secondary N) is 1. The predicted octanol–water partition coefficient (Wildman–Crippen LogP) is 2.58. The minimum absolute atomic E-state index is 0.234. The van der Waals surface area contributed by atoms with Crippen LogP contribution in [0.5, 0.6) is 0 Å². The Labute approximate surface area is 160 Å². The number of carbonyl (C=O) groups is 1. The van der Waals surface area contributed by atoms with Crippen LogP contribution < -0.4 is 9.62 Å². The Kier molecular flexibility index (Phi) is 5.82. The summed E-state index contributed by atoms with van der Waals surface area (Å²) < 4.78 is 32.5. The number of amides is 1. The van der Waals surface area contributed by atoms with Crippen LogP contribution in [0.2, 0.25) is 0 Å². The molecule has 27 heavy (non-hydrogen) atoms. The third kappa shape index (κ3) is 3.84. The van der Waals surface area contributed by atoms with Crippen molar-refractivity contribution < 1.29 is 17.9 Å². The monoisotopic (exact) mass is 388 g/mol. The first-order chi connectivity index (χ1) is 13.0. The fourth-order valence-corrected chi connectivity index (χ4v) is 4.85. The number of sulfonamides is 1. The lowest BCUT2D eigenvalue weighted by Gasteiger charge is -2.32. The van der Waals surface area contributed by atoms with Crippen molar-refractivity contribution in [2.45, 2.75) is 24.7 Å². The zero-order chi connectivity index (χ0) is 19.4. The van der Waals surface area contributed by atoms with Crippen LogP contribution in [0.4, 0.5) is 5.69 Å². The Bertz CT molecular complexity index is 941. The van der Waals surface area contributed by atoms with Gasteiger partial charge in [-0.3, -0.25) is 9.10 Å². The summed E-state index contributed by atoms with van der Waals surface area (Å²) in [6.07, 6.45) is 1.52. The number of aryl methyl sites for hydroxylation is 1. The SMILES string of the molecule is CCc1ccc2c(c1)-c1ccccc1S(=O)(=O)N2CC(=O)NCCCOC. The summed E-state index contributed by atoms with van der Waals surface area (Å²) in [5.74, 6) is -0.334. The van der Waals surface area contributed by atoms with Crippen molar-refractivity contribution in [1.29, 1.82) is 0 Å². The molecule has 0 aromatic heterocycles. The number of hydrogen-bond donors (Lipinski definition) is 1. The van der Waals surface area contributed by atoms with E-state index in [4.69, 9.17) is 4.74 Å². The zero-order valence-electron chi connectivity index (χ0n) is 15.6. The van der Waals surface area contributed by atoms with E-state index in [1.165, 1.54) is 4.31 Å². The first kappa shape index (κ1) is 19.4. The summed E-state index contributed by atoms with van der Waals surface area (Å²) in [5.41, 5.74) is 3.18. The highest BCUT2D eigenvalue weighted by molar-refractivity contribution is 7.93. The molecule has 0 unspecified atom stereocenters. The van der Waals surface area contributed by atoms with Crippen LogP contribution in [0, 0.1) is 0 Å². The molecular weight excluding hydrogens is 364 g/mol. The summed E-state index contributed by atoms with van der Waals surface area (Å²) in [6, 6.07) is 12.6. The van der Waals surface area contributed by atoms with E-state index in [2.05, 4.69) is 12.2 Å². The Morgan fingerprint density at radius 1 is 1.15 bits per heavy atom. The van der Waals surface area contributed by atoms with E-state index in [0.29, 0.717) is 30.8 Å². The van der Waals surface area contributed by atoms with Crippen molar-refractivity contribution >= 4 is 21.6 Å². The molecule has 1 aliphatic rings. The van der Waals surface area contributed by atoms with Crippen molar-refractivity contribution in [2.24, 2.45) is 0 Å². The molecule has 0 saturated carbocycles. The van der Waals surface area contributed by atoms with Crippen molar-refractivity contribution in [3.8, 4) is 11.1 Å². The Hall–Kier alpha value is -2.38. The van der Waals surface area contributed by atoms with E-state index in [-0.39, 0.29) is 17.3 Å². The van der Waals surface area contributed by atoms with Gasteiger partial charge in [-0.2, -0.15) is 0 Å². The lowest BCUT2D eigenvalue weighted by atomic mass is 9.99. The summed E-state index contributed by atoms with van der Waals surface area (Å²) in [7, 11) is -2.20. The topological polar surface area (TPSA) is 75.7 Å². The van der Waals surface area contributed by atoms with Crippen LogP contribution in [-0.4, -0.2) is 41.1 Å². The number of ether oxygens (including phenoxy) is 1. The van der Waals surface area contributed by atoms with Crippen LogP contribution >= 0.6 is 0 Å². The molecule has 144 valence electrons. The fraction of sp³-hybridized carbons (Fsp3) is 0.350. The molecule has 0 saturated heterocycles. The van der Waals surface area contributed by atoms with Crippen molar-refractivity contribution in [1.82, 2.24) is 5.32 Å². The number of carbonyl (C=O) groups excluding carboxylic acids is 1. The normalized spacial score (nSPS) is 14.4. The van der Waals surface area contributed by atoms with Gasteiger partial charge >= 0.3 is 0 Å². The number of benzene rings is 2. The van der Waals surface area contributed by atoms with Gasteiger partial charge in [0.1, 0.15) is 6.54 Å². The summed E-state index contributed by atoms with van der Waals surface area (Å²) in [4.78, 5) is 12.6. The molecule has 2 aromatic rings. The number of methoxy groups -OCH3 is 1. The van der Waals surface area contributed by atoms with Crippen LogP contribution in [-0.2, 0) is 26.0 Å². The van der Waals surface area contributed by atoms with Gasteiger partial charge in [0, 0.05) is 31.4 Å². The van der Waals surface area contributed by atoms with Crippen molar-refractivity contribution in [2.75, 3.05) is 31.1 Å². The van der Waals surface area contributed by atoms with Gasteiger partial charge in [0.2, 0.25) is 5.91 Å². The highest BCUT2D eigenvalue weighted by atomic mass is 32.2. The van der Waals surface area contributed by atoms with E-state index >= 15 is 0 Å². The van der Waals surface area contributed by atoms with Crippen LogP contribution in [0.1, 0.15) is 18.9 Å². The zero-order valence-corrected chi connectivity index (χ0v) is 16.4. The Morgan fingerprint density at radius 2 is 1.93 bits per heavy atom. The second-order valence-electron chi connectivity index (χ2n) is 6.41. The molecule has 0 radical (unpaired) electrons. The van der Waals surface area contributed by atoms with E-state index in [9.17, 15) is 13.2 Å². The highest BCUT2D eigenvalue weighted by Gasteiger charge is 2.35. The maximum Gasteiger partial charge on any atom is 0.265 e. The largest absolute Gasteiger partial charge is 0.385 e. The number of fused-ring (bicyclic) bond motifs is 3. The molecule has 0 bridgehead atoms. The molecule has 3 rings (SSSR count). The molecule has 0 spiro atoms. The summed E-state index contributed by atoms with van der Waals surface area (Å²) in [6.45, 7) is 2.79. The van der Waals surface area contributed by atoms with Gasteiger partial charge in [0.05, 0.1) is 10.6 Å². The average molecular weight is 388 g/mol. The third-order valence-electron chi connectivity index (χ3n) is 4.62. The van der Waals surface area contributed by atoms with E-state index in [1.54, 1.807) is 25.3 Å². The maximum absolute atomic E-state index is 13.2. The molecule has 1 heterocycles. The molecule has 0 atom stereocenters. The Balaban J connectivity index is 1.96. The number of hydrogen-bond acceptors (Lipinski definition) is 4. The van der Waals surface area contributed by atoms with Gasteiger partial charge < -0.3 is 10.1 Å². The number of nitrogens with zero attached hydrogens (tertiary/aromatic N) is 1. The smallest absolute Gasteiger partial charge is 0.265 e. The van der Waals surface area contributed by atoms with Gasteiger partial charge in [0.25, 0.3) is 10.0 Å². The first-order valence-corrected chi connectivity index (χ1v) is 10.4. The molecule has 2 aromatic carbocycles. The molecule has 0 fully saturated rings. The van der Waals surface area contributed by atoms with Gasteiger partial charge in [-0.15, -0.1) is 0 Å². The second-order valence-corrected chi connectivity index (χ2v) is 8.24. The first-order valence-electron chi connectivity index (χ1n) is 8.99. The van der Waals surface area contributed by atoms with Crippen molar-refractivity contribution in [3.05, 3.63) is 48.0 Å². The minimum atomic E-state index is -3.80. The predicted molar refractivity (Wildman–Crippen MR) is 105 cm³/mol. The standard InChI is InChI=1S/C20H24N2O4S/c1-3-15-9-10-18-17(13-15)16-7-4-5-8-19(16)27(24,25)22(18)14-20(23)21-11-6-12-26-2/h4-5,7-10,13H,3,6,11-12,14H2,1-2H3,(H,21,23). The Morgan fingerprint density at radius 3 is 2.67 bits per heavy atom. The van der Waals surface area contributed by atoms with E-state index in [1.807, 2.05) is 24.3 Å². The van der Waals surface area contributed by atoms with Crippen LogP contribution in [0.3, 0.4) is 0 Å². The molecule has 1 amide bonds. The van der Waals surface area contributed by atoms with Gasteiger partial charge in [-0.1, -0.05) is 31.2 Å². The molecular formula is C20H24N2O4S. The summed E-state index contributed by atoms with van der Waals surface area (Å²) >= 11 is 0. The van der Waals surface area contributed by atoms with E-state index in [0.717, 1.165) is 17.5 Å². The molecule has 7 heteroatoms. The lowest BCUT2D eigenvalue weighted by Crippen LogP contribution is -2.42. The van der Waals surface area contributed by atoms with E-state index < -0.39 is 10.0 Å². The molecule has 1 N–H and O–H groups in total. The number of anilines is 1. The number of rotatable bonds is 7. The quantitative estimate of drug-likeness (QED) is 0.740.